The molecular formula is C33H48O2. The average Bonchev–Trinajstić information content (AvgIpc) is 2.83. The Balaban J connectivity index is 0. The summed E-state index contributed by atoms with van der Waals surface area (Å²) < 4.78 is 4.84. The number of hydrogen-bond acceptors (Lipinski definition) is 2. The van der Waals surface area contributed by atoms with Crippen molar-refractivity contribution in [2.45, 2.75) is 67.2 Å². The van der Waals surface area contributed by atoms with Crippen molar-refractivity contribution in [3.8, 4) is 0 Å². The third kappa shape index (κ3) is 15.4. The molecule has 2 heteroatoms. The number of rotatable bonds is 16. The fourth-order valence-electron chi connectivity index (χ4n) is 2.76. The Bertz CT molecular complexity index is 884. The Kier molecular flexibility index (Phi) is 18.7. The van der Waals surface area contributed by atoms with Gasteiger partial charge in [0.05, 0.1) is 12.7 Å². The molecule has 2 nitrogen and oxygen atoms in total. The summed E-state index contributed by atoms with van der Waals surface area (Å²) in [6.45, 7) is 40.6. The van der Waals surface area contributed by atoms with E-state index in [0.717, 1.165) is 40.5 Å². The van der Waals surface area contributed by atoms with Crippen LogP contribution in [0.5, 0.6) is 0 Å². The van der Waals surface area contributed by atoms with Gasteiger partial charge in [-0.05, 0) is 52.5 Å². The summed E-state index contributed by atoms with van der Waals surface area (Å²) in [6, 6.07) is 0. The first-order valence-electron chi connectivity index (χ1n) is 12.4. The molecule has 0 radical (unpaired) electrons. The van der Waals surface area contributed by atoms with Crippen molar-refractivity contribution >= 4 is 5.97 Å². The molecule has 0 saturated carbocycles. The molecule has 0 aliphatic heterocycles. The standard InChI is InChI=1S/C31H42O2.C2H6/c1-12-23(5)30(21-31(32)33-13-2)20-29(11)28(10)19-18-27(9)26(8)17-16-25(7)24(6)15-14-22(3)4;1-2/h13,16-20,22,24H,2,5,7-12,14-15,21H2,1,3-4,6H3;1-2H3/b17-16-,19-18-,30-20-;. The van der Waals surface area contributed by atoms with Crippen LogP contribution in [0.3, 0.4) is 0 Å². The molecule has 1 atom stereocenters. The summed E-state index contributed by atoms with van der Waals surface area (Å²) in [5.41, 5.74) is 5.68. The highest BCUT2D eigenvalue weighted by Gasteiger charge is 2.10. The Morgan fingerprint density at radius 3 is 1.74 bits per heavy atom. The van der Waals surface area contributed by atoms with Crippen LogP contribution < -0.4 is 0 Å². The molecule has 0 aromatic heterocycles. The van der Waals surface area contributed by atoms with E-state index in [0.29, 0.717) is 29.4 Å². The molecule has 192 valence electrons. The van der Waals surface area contributed by atoms with Gasteiger partial charge in [0.1, 0.15) is 0 Å². The van der Waals surface area contributed by atoms with Gasteiger partial charge >= 0.3 is 5.97 Å². The summed E-state index contributed by atoms with van der Waals surface area (Å²) in [4.78, 5) is 11.9. The summed E-state index contributed by atoms with van der Waals surface area (Å²) >= 11 is 0. The lowest BCUT2D eigenvalue weighted by Crippen LogP contribution is -2.03. The highest BCUT2D eigenvalue weighted by Crippen LogP contribution is 2.23. The van der Waals surface area contributed by atoms with Crippen LogP contribution in [0.15, 0.2) is 122 Å². The van der Waals surface area contributed by atoms with Gasteiger partial charge < -0.3 is 4.74 Å². The number of carbonyl (C=O) groups is 1. The first kappa shape index (κ1) is 34.0. The van der Waals surface area contributed by atoms with Gasteiger partial charge in [0.25, 0.3) is 0 Å². The van der Waals surface area contributed by atoms with Crippen molar-refractivity contribution in [1.29, 1.82) is 0 Å². The number of hydrogen-bond donors (Lipinski definition) is 0. The summed E-state index contributed by atoms with van der Waals surface area (Å²) in [5, 5.41) is 0. The third-order valence-corrected chi connectivity index (χ3v) is 5.40. The van der Waals surface area contributed by atoms with E-state index in [1.807, 2.05) is 51.2 Å². The molecule has 0 fully saturated rings. The van der Waals surface area contributed by atoms with E-state index in [-0.39, 0.29) is 6.42 Å². The van der Waals surface area contributed by atoms with Gasteiger partial charge in [-0.25, -0.2) is 0 Å². The highest BCUT2D eigenvalue weighted by molar-refractivity contribution is 5.75. The Hall–Kier alpha value is -3.13. The van der Waals surface area contributed by atoms with Crippen LogP contribution in [0.1, 0.15) is 67.2 Å². The molecule has 0 saturated heterocycles. The predicted molar refractivity (Wildman–Crippen MR) is 157 cm³/mol. The van der Waals surface area contributed by atoms with Crippen LogP contribution >= 0.6 is 0 Å². The summed E-state index contributed by atoms with van der Waals surface area (Å²) in [7, 11) is 0. The second kappa shape index (κ2) is 19.2. The molecule has 35 heavy (non-hydrogen) atoms. The Morgan fingerprint density at radius 1 is 0.800 bits per heavy atom. The smallest absolute Gasteiger partial charge is 0.315 e. The van der Waals surface area contributed by atoms with Crippen molar-refractivity contribution in [1.82, 2.24) is 0 Å². The lowest BCUT2D eigenvalue weighted by Gasteiger charge is -2.13. The van der Waals surface area contributed by atoms with Crippen LogP contribution in [0, 0.1) is 11.8 Å². The number of esters is 1. The van der Waals surface area contributed by atoms with Gasteiger partial charge in [0, 0.05) is 0 Å². The molecule has 0 aromatic carbocycles. The summed E-state index contributed by atoms with van der Waals surface area (Å²) in [5.74, 6) is 0.737. The molecular weight excluding hydrogens is 428 g/mol. The second-order valence-corrected chi connectivity index (χ2v) is 8.67. The minimum Gasteiger partial charge on any atom is -0.435 e. The van der Waals surface area contributed by atoms with E-state index in [1.165, 1.54) is 6.42 Å². The molecule has 0 heterocycles. The van der Waals surface area contributed by atoms with Gasteiger partial charge in [-0.2, -0.15) is 0 Å². The van der Waals surface area contributed by atoms with Gasteiger partial charge in [-0.3, -0.25) is 4.79 Å². The fourth-order valence-corrected chi connectivity index (χ4v) is 2.76. The van der Waals surface area contributed by atoms with Crippen LogP contribution in [-0.2, 0) is 9.53 Å². The minimum absolute atomic E-state index is 0.0997. The number of allylic oxidation sites excluding steroid dienone is 11. The minimum atomic E-state index is -0.392. The number of carbonyl (C=O) groups excluding carboxylic acids is 1. The first-order valence-corrected chi connectivity index (χ1v) is 12.4. The van der Waals surface area contributed by atoms with E-state index < -0.39 is 5.97 Å². The van der Waals surface area contributed by atoms with Crippen molar-refractivity contribution < 1.29 is 9.53 Å². The predicted octanol–water partition coefficient (Wildman–Crippen LogP) is 9.95. The molecule has 0 bridgehead atoms. The van der Waals surface area contributed by atoms with E-state index in [1.54, 1.807) is 0 Å². The maximum atomic E-state index is 11.9. The van der Waals surface area contributed by atoms with Crippen LogP contribution in [0.2, 0.25) is 0 Å². The van der Waals surface area contributed by atoms with E-state index in [9.17, 15) is 4.79 Å². The lowest BCUT2D eigenvalue weighted by molar-refractivity contribution is -0.137. The van der Waals surface area contributed by atoms with Gasteiger partial charge in [0.2, 0.25) is 0 Å². The molecule has 0 N–H and O–H groups in total. The second-order valence-electron chi connectivity index (χ2n) is 8.67. The Morgan fingerprint density at radius 2 is 1.29 bits per heavy atom. The van der Waals surface area contributed by atoms with Gasteiger partial charge in [-0.15, -0.1) is 0 Å². The normalized spacial score (nSPS) is 12.0. The third-order valence-electron chi connectivity index (χ3n) is 5.40. The highest BCUT2D eigenvalue weighted by atomic mass is 16.5. The van der Waals surface area contributed by atoms with Crippen LogP contribution in [-0.4, -0.2) is 5.97 Å². The van der Waals surface area contributed by atoms with Crippen LogP contribution in [0.4, 0.5) is 0 Å². The van der Waals surface area contributed by atoms with Crippen LogP contribution in [0.25, 0.3) is 0 Å². The maximum Gasteiger partial charge on any atom is 0.315 e. The quantitative estimate of drug-likeness (QED) is 0.126. The molecule has 0 aliphatic rings. The lowest BCUT2D eigenvalue weighted by atomic mass is 9.93. The monoisotopic (exact) mass is 476 g/mol. The molecule has 1 unspecified atom stereocenters. The van der Waals surface area contributed by atoms with E-state index in [2.05, 4.69) is 66.8 Å². The molecule has 0 amide bonds. The van der Waals surface area contributed by atoms with Crippen molar-refractivity contribution in [2.24, 2.45) is 11.8 Å². The van der Waals surface area contributed by atoms with E-state index >= 15 is 0 Å². The fraction of sp³-hybridized carbons (Fsp3) is 0.364. The first-order chi connectivity index (χ1) is 16.4. The maximum absolute atomic E-state index is 11.9. The largest absolute Gasteiger partial charge is 0.435 e. The molecule has 0 spiro atoms. The summed E-state index contributed by atoms with van der Waals surface area (Å²) in [6.07, 6.45) is 13.8. The van der Waals surface area contributed by atoms with Gasteiger partial charge in [0.15, 0.2) is 0 Å². The average molecular weight is 477 g/mol. The molecule has 0 aromatic rings. The Labute approximate surface area is 216 Å². The zero-order valence-electron chi connectivity index (χ0n) is 23.2. The number of ether oxygens (including phenoxy) is 1. The zero-order chi connectivity index (χ0) is 27.6. The topological polar surface area (TPSA) is 26.3 Å². The van der Waals surface area contributed by atoms with Crippen molar-refractivity contribution in [2.75, 3.05) is 0 Å². The zero-order valence-corrected chi connectivity index (χ0v) is 23.2. The van der Waals surface area contributed by atoms with Crippen molar-refractivity contribution in [3.63, 3.8) is 0 Å². The SMILES string of the molecule is C=COC(=O)C/C(=C/C(=C)C(=C)/C=C\C(=C)C(=C)/C=C\C(=C)C(C)CCC(C)C)C(=C)CC.CC. The van der Waals surface area contributed by atoms with Crippen molar-refractivity contribution in [3.05, 3.63) is 122 Å². The molecule has 0 aliphatic carbocycles. The van der Waals surface area contributed by atoms with Gasteiger partial charge in [-0.1, -0.05) is 136 Å². The molecule has 0 rings (SSSR count). The van der Waals surface area contributed by atoms with E-state index in [4.69, 9.17) is 4.74 Å².